The van der Waals surface area contributed by atoms with Gasteiger partial charge in [-0.15, -0.1) is 0 Å². The molecule has 5 nitrogen and oxygen atoms in total. The molecule has 3 rings (SSSR count). The van der Waals surface area contributed by atoms with E-state index in [0.717, 1.165) is 0 Å². The third-order valence-electron chi connectivity index (χ3n) is 3.55. The zero-order valence-electron chi connectivity index (χ0n) is 13.7. The molecule has 0 aliphatic carbocycles. The van der Waals surface area contributed by atoms with Crippen LogP contribution in [0.25, 0.3) is 11.1 Å². The molecule has 0 saturated heterocycles. The van der Waals surface area contributed by atoms with Crippen molar-refractivity contribution in [1.29, 1.82) is 0 Å². The number of H-pyrrole nitrogens is 1. The van der Waals surface area contributed by atoms with Crippen LogP contribution in [0.5, 0.6) is 5.75 Å². The minimum absolute atomic E-state index is 0.224. The van der Waals surface area contributed by atoms with Crippen LogP contribution < -0.4 is 10.1 Å². The molecule has 1 aromatic heterocycles. The normalized spacial score (nSPS) is 11.3. The Kier molecular flexibility index (Phi) is 5.36. The standard InChI is InChI=1S/C18H13ClF3N3O2/c19-12-6-8-13(9-7-12)27-10-14(26)23-17-15(11-4-2-1-3-5-11)16(24-25-17)18(20,21)22/h1-9H,10H2,(H2,23,24,25,26). The van der Waals surface area contributed by atoms with Crippen molar-refractivity contribution in [2.75, 3.05) is 11.9 Å². The number of hydrogen-bond donors (Lipinski definition) is 2. The maximum atomic E-state index is 13.3. The van der Waals surface area contributed by atoms with Crippen molar-refractivity contribution in [1.82, 2.24) is 10.2 Å². The molecule has 1 heterocycles. The number of ether oxygens (including phenoxy) is 1. The Hall–Kier alpha value is -3.00. The first-order chi connectivity index (χ1) is 12.8. The van der Waals surface area contributed by atoms with Gasteiger partial charge in [-0.1, -0.05) is 41.9 Å². The highest BCUT2D eigenvalue weighted by molar-refractivity contribution is 6.30. The predicted molar refractivity (Wildman–Crippen MR) is 94.6 cm³/mol. The summed E-state index contributed by atoms with van der Waals surface area (Å²) in [5.41, 5.74) is -1.00. The average Bonchev–Trinajstić information content (AvgIpc) is 3.06. The number of benzene rings is 2. The largest absolute Gasteiger partial charge is 0.484 e. The maximum absolute atomic E-state index is 13.3. The summed E-state index contributed by atoms with van der Waals surface area (Å²) in [6.45, 7) is -0.399. The Morgan fingerprint density at radius 3 is 2.41 bits per heavy atom. The summed E-state index contributed by atoms with van der Waals surface area (Å²) in [4.78, 5) is 12.1. The molecule has 0 aliphatic rings. The number of nitrogens with one attached hydrogen (secondary N) is 2. The average molecular weight is 396 g/mol. The molecule has 140 valence electrons. The lowest BCUT2D eigenvalue weighted by atomic mass is 10.1. The molecule has 3 aromatic rings. The van der Waals surface area contributed by atoms with Crippen LogP contribution in [0, 0.1) is 0 Å². The van der Waals surface area contributed by atoms with Crippen molar-refractivity contribution in [3.05, 3.63) is 65.3 Å². The Morgan fingerprint density at radius 1 is 1.11 bits per heavy atom. The van der Waals surface area contributed by atoms with Gasteiger partial charge in [0.05, 0.1) is 5.56 Å². The first kappa shape index (κ1) is 18.8. The van der Waals surface area contributed by atoms with E-state index >= 15 is 0 Å². The van der Waals surface area contributed by atoms with Gasteiger partial charge in [0.1, 0.15) is 11.4 Å². The number of carbonyl (C=O) groups is 1. The number of aromatic amines is 1. The van der Waals surface area contributed by atoms with Gasteiger partial charge in [0.25, 0.3) is 5.91 Å². The van der Waals surface area contributed by atoms with E-state index in [0.29, 0.717) is 10.8 Å². The minimum atomic E-state index is -4.65. The zero-order valence-corrected chi connectivity index (χ0v) is 14.4. The lowest BCUT2D eigenvalue weighted by Gasteiger charge is -2.10. The van der Waals surface area contributed by atoms with Gasteiger partial charge in [0, 0.05) is 5.02 Å². The van der Waals surface area contributed by atoms with E-state index in [9.17, 15) is 18.0 Å². The third kappa shape index (κ3) is 4.59. The van der Waals surface area contributed by atoms with Crippen LogP contribution in [0.3, 0.4) is 0 Å². The first-order valence-electron chi connectivity index (χ1n) is 7.74. The van der Waals surface area contributed by atoms with Gasteiger partial charge in [-0.05, 0) is 29.8 Å². The molecule has 2 aromatic carbocycles. The number of rotatable bonds is 5. The second-order valence-corrected chi connectivity index (χ2v) is 5.91. The summed E-state index contributed by atoms with van der Waals surface area (Å²) in [5, 5.41) is 8.43. The van der Waals surface area contributed by atoms with Gasteiger partial charge >= 0.3 is 6.18 Å². The molecule has 9 heteroatoms. The number of carbonyl (C=O) groups excluding carboxylic acids is 1. The maximum Gasteiger partial charge on any atom is 0.433 e. The van der Waals surface area contributed by atoms with E-state index in [1.165, 1.54) is 12.1 Å². The molecule has 0 unspecified atom stereocenters. The Bertz CT molecular complexity index is 925. The highest BCUT2D eigenvalue weighted by atomic mass is 35.5. The van der Waals surface area contributed by atoms with Crippen molar-refractivity contribution in [2.24, 2.45) is 0 Å². The van der Waals surface area contributed by atoms with Gasteiger partial charge in [0.2, 0.25) is 0 Å². The minimum Gasteiger partial charge on any atom is -0.484 e. The molecular formula is C18H13ClF3N3O2. The number of hydrogen-bond acceptors (Lipinski definition) is 3. The Labute approximate surface area is 157 Å². The van der Waals surface area contributed by atoms with Crippen LogP contribution in [0.15, 0.2) is 54.6 Å². The molecular weight excluding hydrogens is 383 g/mol. The highest BCUT2D eigenvalue weighted by Crippen LogP contribution is 2.39. The van der Waals surface area contributed by atoms with Crippen LogP contribution in [-0.2, 0) is 11.0 Å². The molecule has 27 heavy (non-hydrogen) atoms. The van der Waals surface area contributed by atoms with Crippen molar-refractivity contribution >= 4 is 23.3 Å². The predicted octanol–water partition coefficient (Wildman–Crippen LogP) is 4.77. The lowest BCUT2D eigenvalue weighted by Crippen LogP contribution is -2.20. The van der Waals surface area contributed by atoms with Gasteiger partial charge in [-0.3, -0.25) is 9.89 Å². The number of amides is 1. The molecule has 0 aliphatic heterocycles. The van der Waals surface area contributed by atoms with Crippen molar-refractivity contribution in [2.45, 2.75) is 6.18 Å². The Balaban J connectivity index is 1.79. The second kappa shape index (κ2) is 7.71. The van der Waals surface area contributed by atoms with Gasteiger partial charge in [0.15, 0.2) is 12.4 Å². The fourth-order valence-electron chi connectivity index (χ4n) is 2.37. The second-order valence-electron chi connectivity index (χ2n) is 5.48. The SMILES string of the molecule is O=C(COc1ccc(Cl)cc1)Nc1n[nH]c(C(F)(F)F)c1-c1ccccc1. The number of nitrogens with zero attached hydrogens (tertiary/aromatic N) is 1. The molecule has 0 spiro atoms. The van der Waals surface area contributed by atoms with Gasteiger partial charge < -0.3 is 10.1 Å². The summed E-state index contributed by atoms with van der Waals surface area (Å²) < 4.78 is 45.1. The van der Waals surface area contributed by atoms with E-state index in [4.69, 9.17) is 16.3 Å². The van der Waals surface area contributed by atoms with Crippen molar-refractivity contribution in [3.63, 3.8) is 0 Å². The third-order valence-corrected chi connectivity index (χ3v) is 3.81. The smallest absolute Gasteiger partial charge is 0.433 e. The first-order valence-corrected chi connectivity index (χ1v) is 8.11. The van der Waals surface area contributed by atoms with Crippen LogP contribution in [-0.4, -0.2) is 22.7 Å². The summed E-state index contributed by atoms with van der Waals surface area (Å²) >= 11 is 5.76. The van der Waals surface area contributed by atoms with Crippen LogP contribution in [0.2, 0.25) is 5.02 Å². The monoisotopic (exact) mass is 395 g/mol. The summed E-state index contributed by atoms with van der Waals surface area (Å²) in [5.74, 6) is -0.476. The van der Waals surface area contributed by atoms with E-state index in [1.54, 1.807) is 42.5 Å². The van der Waals surface area contributed by atoms with E-state index in [1.807, 2.05) is 5.10 Å². The lowest BCUT2D eigenvalue weighted by molar-refractivity contribution is -0.140. The quantitative estimate of drug-likeness (QED) is 0.654. The number of halogens is 4. The number of aromatic nitrogens is 2. The zero-order chi connectivity index (χ0) is 19.4. The highest BCUT2D eigenvalue weighted by Gasteiger charge is 2.38. The van der Waals surface area contributed by atoms with Crippen molar-refractivity contribution < 1.29 is 22.7 Å². The van der Waals surface area contributed by atoms with Crippen molar-refractivity contribution in [3.8, 4) is 16.9 Å². The number of alkyl halides is 3. The van der Waals surface area contributed by atoms with E-state index < -0.39 is 24.4 Å². The molecule has 0 bridgehead atoms. The summed E-state index contributed by atoms with van der Waals surface area (Å²) in [6.07, 6.45) is -4.65. The van der Waals surface area contributed by atoms with Crippen LogP contribution in [0.4, 0.5) is 19.0 Å². The fourth-order valence-corrected chi connectivity index (χ4v) is 2.50. The summed E-state index contributed by atoms with van der Waals surface area (Å²) in [7, 11) is 0. The Morgan fingerprint density at radius 2 is 1.78 bits per heavy atom. The van der Waals surface area contributed by atoms with Crippen LogP contribution >= 0.6 is 11.6 Å². The summed E-state index contributed by atoms with van der Waals surface area (Å²) in [6, 6.07) is 14.2. The molecule has 1 amide bonds. The molecule has 0 atom stereocenters. The molecule has 0 saturated carbocycles. The van der Waals surface area contributed by atoms with E-state index in [2.05, 4.69) is 10.4 Å². The van der Waals surface area contributed by atoms with Crippen LogP contribution in [0.1, 0.15) is 5.69 Å². The molecule has 2 N–H and O–H groups in total. The van der Waals surface area contributed by atoms with E-state index in [-0.39, 0.29) is 16.9 Å². The topological polar surface area (TPSA) is 67.0 Å². The van der Waals surface area contributed by atoms with Gasteiger partial charge in [-0.2, -0.15) is 18.3 Å². The molecule has 0 radical (unpaired) electrons. The number of anilines is 1. The molecule has 0 fully saturated rings. The van der Waals surface area contributed by atoms with Gasteiger partial charge in [-0.25, -0.2) is 0 Å². The fraction of sp³-hybridized carbons (Fsp3) is 0.111.